The number of nitrogens with zero attached hydrogens (tertiary/aromatic N) is 1. The highest BCUT2D eigenvalue weighted by atomic mass is 19.1. The molecule has 3 aromatic rings. The molecule has 3 heteroatoms. The Hall–Kier alpha value is -2.55. The fourth-order valence-corrected chi connectivity index (χ4v) is 2.04. The van der Waals surface area contributed by atoms with Crippen molar-refractivity contribution in [3.63, 3.8) is 0 Å². The molecule has 0 aliphatic rings. The van der Waals surface area contributed by atoms with E-state index in [-0.39, 0.29) is 11.6 Å². The zero-order valence-corrected chi connectivity index (χ0v) is 10.0. The van der Waals surface area contributed by atoms with Crippen molar-refractivity contribution in [3.05, 3.63) is 77.7 Å². The van der Waals surface area contributed by atoms with Crippen molar-refractivity contribution in [2.45, 2.75) is 0 Å². The summed E-state index contributed by atoms with van der Waals surface area (Å²) >= 11 is 0. The Labute approximate surface area is 109 Å². The molecule has 2 aromatic carbocycles. The minimum Gasteiger partial charge on any atom is -0.289 e. The third-order valence-corrected chi connectivity index (χ3v) is 2.98. The van der Waals surface area contributed by atoms with E-state index >= 15 is 0 Å². The maximum Gasteiger partial charge on any atom is 0.195 e. The highest BCUT2D eigenvalue weighted by molar-refractivity contribution is 6.15. The number of pyridine rings is 1. The molecule has 0 N–H and O–H groups in total. The van der Waals surface area contributed by atoms with Crippen molar-refractivity contribution in [1.29, 1.82) is 0 Å². The molecule has 0 radical (unpaired) electrons. The van der Waals surface area contributed by atoms with Crippen molar-refractivity contribution in [2.75, 3.05) is 0 Å². The standard InChI is InChI=1S/C16H10FNO/c17-13-8-6-12(7-9-13)16(19)14-5-1-3-11-4-2-10-18-15(11)14/h1-10H. The quantitative estimate of drug-likeness (QED) is 0.651. The molecule has 0 saturated heterocycles. The molecule has 0 saturated carbocycles. The van der Waals surface area contributed by atoms with Crippen LogP contribution in [-0.2, 0) is 0 Å². The van der Waals surface area contributed by atoms with Crippen molar-refractivity contribution in [2.24, 2.45) is 0 Å². The molecule has 0 unspecified atom stereocenters. The minimum atomic E-state index is -0.354. The molecular weight excluding hydrogens is 241 g/mol. The average Bonchev–Trinajstić information content (AvgIpc) is 2.47. The highest BCUT2D eigenvalue weighted by Crippen LogP contribution is 2.19. The van der Waals surface area contributed by atoms with Gasteiger partial charge < -0.3 is 0 Å². The van der Waals surface area contributed by atoms with E-state index in [2.05, 4.69) is 4.98 Å². The third kappa shape index (κ3) is 2.10. The molecule has 0 fully saturated rings. The van der Waals surface area contributed by atoms with E-state index in [1.54, 1.807) is 12.3 Å². The van der Waals surface area contributed by atoms with Crippen LogP contribution in [0.25, 0.3) is 10.9 Å². The van der Waals surface area contributed by atoms with Crippen molar-refractivity contribution >= 4 is 16.7 Å². The Kier molecular flexibility index (Phi) is 2.80. The van der Waals surface area contributed by atoms with E-state index in [1.165, 1.54) is 24.3 Å². The fraction of sp³-hybridized carbons (Fsp3) is 0. The fourth-order valence-electron chi connectivity index (χ4n) is 2.04. The molecular formula is C16H10FNO. The van der Waals surface area contributed by atoms with E-state index in [9.17, 15) is 9.18 Å². The van der Waals surface area contributed by atoms with Gasteiger partial charge in [-0.25, -0.2) is 4.39 Å². The van der Waals surface area contributed by atoms with Crippen LogP contribution in [0.15, 0.2) is 60.8 Å². The van der Waals surface area contributed by atoms with Gasteiger partial charge >= 0.3 is 0 Å². The molecule has 19 heavy (non-hydrogen) atoms. The smallest absolute Gasteiger partial charge is 0.195 e. The Morgan fingerprint density at radius 1 is 0.947 bits per heavy atom. The lowest BCUT2D eigenvalue weighted by Gasteiger charge is -2.04. The average molecular weight is 251 g/mol. The maximum absolute atomic E-state index is 12.9. The van der Waals surface area contributed by atoms with Crippen molar-refractivity contribution in [1.82, 2.24) is 4.98 Å². The molecule has 0 spiro atoms. The van der Waals surface area contributed by atoms with Crippen molar-refractivity contribution in [3.8, 4) is 0 Å². The number of hydrogen-bond acceptors (Lipinski definition) is 2. The van der Waals surface area contributed by atoms with E-state index in [0.29, 0.717) is 16.6 Å². The number of carbonyl (C=O) groups is 1. The molecule has 0 aliphatic carbocycles. The van der Waals surface area contributed by atoms with Gasteiger partial charge in [0.2, 0.25) is 0 Å². The lowest BCUT2D eigenvalue weighted by Crippen LogP contribution is -2.03. The largest absolute Gasteiger partial charge is 0.289 e. The number of ketones is 1. The number of carbonyl (C=O) groups excluding carboxylic acids is 1. The second-order valence-electron chi connectivity index (χ2n) is 4.22. The van der Waals surface area contributed by atoms with E-state index in [4.69, 9.17) is 0 Å². The molecule has 1 heterocycles. The second-order valence-corrected chi connectivity index (χ2v) is 4.22. The van der Waals surface area contributed by atoms with E-state index in [1.807, 2.05) is 24.3 Å². The molecule has 0 aliphatic heterocycles. The van der Waals surface area contributed by atoms with Crippen LogP contribution in [-0.4, -0.2) is 10.8 Å². The van der Waals surface area contributed by atoms with Gasteiger partial charge in [-0.2, -0.15) is 0 Å². The van der Waals surface area contributed by atoms with Crippen LogP contribution in [0.5, 0.6) is 0 Å². The van der Waals surface area contributed by atoms with Crippen LogP contribution >= 0.6 is 0 Å². The van der Waals surface area contributed by atoms with Gasteiger partial charge in [-0.15, -0.1) is 0 Å². The molecule has 0 bridgehead atoms. The topological polar surface area (TPSA) is 30.0 Å². The Morgan fingerprint density at radius 2 is 1.68 bits per heavy atom. The summed E-state index contributed by atoms with van der Waals surface area (Å²) in [6, 6.07) is 14.7. The first-order valence-corrected chi connectivity index (χ1v) is 5.90. The SMILES string of the molecule is O=C(c1ccc(F)cc1)c1cccc2cccnc12. The summed E-state index contributed by atoms with van der Waals surface area (Å²) in [4.78, 5) is 16.7. The maximum atomic E-state index is 12.9. The van der Waals surface area contributed by atoms with Gasteiger partial charge in [0.15, 0.2) is 5.78 Å². The van der Waals surface area contributed by atoms with Gasteiger partial charge in [0.05, 0.1) is 5.52 Å². The minimum absolute atomic E-state index is 0.149. The number of para-hydroxylation sites is 1. The number of aromatic nitrogens is 1. The Balaban J connectivity index is 2.14. The van der Waals surface area contributed by atoms with Crippen LogP contribution in [0.1, 0.15) is 15.9 Å². The molecule has 0 amide bonds. The lowest BCUT2D eigenvalue weighted by molar-refractivity contribution is 0.104. The van der Waals surface area contributed by atoms with Crippen LogP contribution in [0.4, 0.5) is 4.39 Å². The molecule has 3 rings (SSSR count). The van der Waals surface area contributed by atoms with Gasteiger partial charge in [-0.3, -0.25) is 9.78 Å². The summed E-state index contributed by atoms with van der Waals surface area (Å²) in [5, 5.41) is 0.912. The molecule has 0 atom stereocenters. The normalized spacial score (nSPS) is 10.6. The zero-order chi connectivity index (χ0) is 13.2. The number of benzene rings is 2. The Bertz CT molecular complexity index is 745. The van der Waals surface area contributed by atoms with Gasteiger partial charge in [0.25, 0.3) is 0 Å². The predicted octanol–water partition coefficient (Wildman–Crippen LogP) is 3.60. The first kappa shape index (κ1) is 11.5. The molecule has 2 nitrogen and oxygen atoms in total. The summed E-state index contributed by atoms with van der Waals surface area (Å²) in [6.45, 7) is 0. The van der Waals surface area contributed by atoms with Crippen molar-refractivity contribution < 1.29 is 9.18 Å². The Morgan fingerprint density at radius 3 is 2.47 bits per heavy atom. The van der Waals surface area contributed by atoms with Gasteiger partial charge in [-0.1, -0.05) is 18.2 Å². The van der Waals surface area contributed by atoms with Crippen LogP contribution < -0.4 is 0 Å². The van der Waals surface area contributed by atoms with Crippen LogP contribution in [0.3, 0.4) is 0 Å². The van der Waals surface area contributed by atoms with Gasteiger partial charge in [0, 0.05) is 22.7 Å². The van der Waals surface area contributed by atoms with Crippen LogP contribution in [0, 0.1) is 5.82 Å². The molecule has 92 valence electrons. The van der Waals surface area contributed by atoms with Gasteiger partial charge in [0.1, 0.15) is 5.82 Å². The molecule has 1 aromatic heterocycles. The zero-order valence-electron chi connectivity index (χ0n) is 10.0. The summed E-state index contributed by atoms with van der Waals surface area (Å²) in [5.41, 5.74) is 1.66. The second kappa shape index (κ2) is 4.61. The highest BCUT2D eigenvalue weighted by Gasteiger charge is 2.12. The number of hydrogen-bond donors (Lipinski definition) is 0. The number of fused-ring (bicyclic) bond motifs is 1. The first-order valence-electron chi connectivity index (χ1n) is 5.90. The summed E-state index contributed by atoms with van der Waals surface area (Å²) in [6.07, 6.45) is 1.66. The first-order chi connectivity index (χ1) is 9.25. The number of rotatable bonds is 2. The number of halogens is 1. The van der Waals surface area contributed by atoms with Crippen LogP contribution in [0.2, 0.25) is 0 Å². The monoisotopic (exact) mass is 251 g/mol. The summed E-state index contributed by atoms with van der Waals surface area (Å²) < 4.78 is 12.9. The third-order valence-electron chi connectivity index (χ3n) is 2.98. The predicted molar refractivity (Wildman–Crippen MR) is 71.6 cm³/mol. The van der Waals surface area contributed by atoms with E-state index in [0.717, 1.165) is 5.39 Å². The lowest BCUT2D eigenvalue weighted by atomic mass is 10.0. The summed E-state index contributed by atoms with van der Waals surface area (Å²) in [5.74, 6) is -0.503. The van der Waals surface area contributed by atoms with Gasteiger partial charge in [-0.05, 0) is 36.4 Å². The summed E-state index contributed by atoms with van der Waals surface area (Å²) in [7, 11) is 0. The van der Waals surface area contributed by atoms with E-state index < -0.39 is 0 Å².